The van der Waals surface area contributed by atoms with E-state index in [0.29, 0.717) is 5.46 Å². The SMILES string of the molecule is CC(C)c1cn(C(=O)OC(C)(C)C)cc1B(O)O. The van der Waals surface area contributed by atoms with Gasteiger partial charge in [0.25, 0.3) is 0 Å². The molecule has 0 spiro atoms. The number of hydrogen-bond donors (Lipinski definition) is 2. The summed E-state index contributed by atoms with van der Waals surface area (Å²) < 4.78 is 6.46. The molecule has 100 valence electrons. The number of nitrogens with zero attached hydrogens (tertiary/aromatic N) is 1. The van der Waals surface area contributed by atoms with E-state index in [2.05, 4.69) is 0 Å². The number of hydrogen-bond acceptors (Lipinski definition) is 4. The highest BCUT2D eigenvalue weighted by Gasteiger charge is 2.24. The first kappa shape index (κ1) is 14.8. The van der Waals surface area contributed by atoms with Crippen molar-refractivity contribution in [3.05, 3.63) is 18.0 Å². The molecule has 0 fully saturated rings. The molecular weight excluding hydrogens is 233 g/mol. The predicted octanol–water partition coefficient (Wildman–Crippen LogP) is 1.07. The zero-order chi connectivity index (χ0) is 14.1. The molecule has 0 aliphatic carbocycles. The molecule has 2 N–H and O–H groups in total. The maximum atomic E-state index is 11.8. The Labute approximate surface area is 108 Å². The van der Waals surface area contributed by atoms with Crippen LogP contribution in [0.5, 0.6) is 0 Å². The van der Waals surface area contributed by atoms with Crippen molar-refractivity contribution in [2.45, 2.75) is 46.1 Å². The summed E-state index contributed by atoms with van der Waals surface area (Å²) in [6.07, 6.45) is 2.44. The molecule has 5 nitrogen and oxygen atoms in total. The third-order valence-electron chi connectivity index (χ3n) is 2.39. The smallest absolute Gasteiger partial charge is 0.443 e. The van der Waals surface area contributed by atoms with Crippen molar-refractivity contribution in [1.82, 2.24) is 4.57 Å². The van der Waals surface area contributed by atoms with Crippen LogP contribution >= 0.6 is 0 Å². The summed E-state index contributed by atoms with van der Waals surface area (Å²) in [4.78, 5) is 11.8. The first-order valence-electron chi connectivity index (χ1n) is 5.93. The van der Waals surface area contributed by atoms with E-state index in [4.69, 9.17) is 4.74 Å². The summed E-state index contributed by atoms with van der Waals surface area (Å²) >= 11 is 0. The molecular formula is C12H20BNO4. The number of carbonyl (C=O) groups excluding carboxylic acids is 1. The summed E-state index contributed by atoms with van der Waals surface area (Å²) in [6.45, 7) is 9.17. The van der Waals surface area contributed by atoms with E-state index >= 15 is 0 Å². The van der Waals surface area contributed by atoms with Gasteiger partial charge in [-0.2, -0.15) is 0 Å². The molecule has 0 unspecified atom stereocenters. The van der Waals surface area contributed by atoms with Crippen molar-refractivity contribution >= 4 is 18.7 Å². The minimum atomic E-state index is -1.59. The van der Waals surface area contributed by atoms with Gasteiger partial charge in [0.1, 0.15) is 5.60 Å². The average Bonchev–Trinajstić information content (AvgIpc) is 2.58. The van der Waals surface area contributed by atoms with E-state index in [0.717, 1.165) is 5.56 Å². The van der Waals surface area contributed by atoms with Crippen LogP contribution in [0.4, 0.5) is 4.79 Å². The van der Waals surface area contributed by atoms with Crippen molar-refractivity contribution in [3.63, 3.8) is 0 Å². The van der Waals surface area contributed by atoms with Gasteiger partial charge in [-0.3, -0.25) is 4.57 Å². The highest BCUT2D eigenvalue weighted by atomic mass is 16.6. The molecule has 1 aromatic heterocycles. The van der Waals surface area contributed by atoms with Crippen LogP contribution in [0.1, 0.15) is 46.1 Å². The molecule has 0 atom stereocenters. The Bertz CT molecular complexity index is 406. The standard InChI is InChI=1S/C12H20BNO4/c1-8(2)9-6-14(7-10(9)13(16)17)11(15)18-12(3,4)5/h6-8,16-17H,1-5H3. The second-order valence-corrected chi connectivity index (χ2v) is 5.58. The van der Waals surface area contributed by atoms with Gasteiger partial charge >= 0.3 is 13.2 Å². The lowest BCUT2D eigenvalue weighted by molar-refractivity contribution is 0.0537. The lowest BCUT2D eigenvalue weighted by atomic mass is 9.77. The van der Waals surface area contributed by atoms with Crippen LogP contribution < -0.4 is 5.46 Å². The zero-order valence-electron chi connectivity index (χ0n) is 11.5. The van der Waals surface area contributed by atoms with Crippen LogP contribution in [0.15, 0.2) is 12.4 Å². The molecule has 1 heterocycles. The first-order valence-corrected chi connectivity index (χ1v) is 5.93. The zero-order valence-corrected chi connectivity index (χ0v) is 11.5. The predicted molar refractivity (Wildman–Crippen MR) is 70.0 cm³/mol. The molecule has 0 aromatic carbocycles. The Kier molecular flexibility index (Phi) is 4.24. The van der Waals surface area contributed by atoms with E-state index < -0.39 is 18.8 Å². The maximum Gasteiger partial charge on any atom is 0.490 e. The molecule has 0 aliphatic heterocycles. The van der Waals surface area contributed by atoms with Crippen LogP contribution in [0.2, 0.25) is 0 Å². The Morgan fingerprint density at radius 1 is 1.33 bits per heavy atom. The molecule has 18 heavy (non-hydrogen) atoms. The molecule has 0 saturated heterocycles. The van der Waals surface area contributed by atoms with Gasteiger partial charge in [-0.1, -0.05) is 13.8 Å². The van der Waals surface area contributed by atoms with Crippen LogP contribution in [0.3, 0.4) is 0 Å². The molecule has 0 amide bonds. The van der Waals surface area contributed by atoms with Crippen molar-refractivity contribution in [1.29, 1.82) is 0 Å². The number of carbonyl (C=O) groups is 1. The lowest BCUT2D eigenvalue weighted by Gasteiger charge is -2.19. The van der Waals surface area contributed by atoms with Gasteiger partial charge in [0, 0.05) is 17.9 Å². The molecule has 0 radical (unpaired) electrons. The fourth-order valence-corrected chi connectivity index (χ4v) is 1.60. The monoisotopic (exact) mass is 253 g/mol. The van der Waals surface area contributed by atoms with E-state index in [1.165, 1.54) is 10.8 Å². The third kappa shape index (κ3) is 3.61. The second kappa shape index (κ2) is 5.16. The summed E-state index contributed by atoms with van der Waals surface area (Å²) in [5, 5.41) is 18.5. The summed E-state index contributed by atoms with van der Waals surface area (Å²) in [5.74, 6) is 0.0884. The molecule has 1 rings (SSSR count). The largest absolute Gasteiger partial charge is 0.490 e. The molecule has 6 heteroatoms. The van der Waals surface area contributed by atoms with Gasteiger partial charge < -0.3 is 14.8 Å². The van der Waals surface area contributed by atoms with Crippen LogP contribution in [0.25, 0.3) is 0 Å². The minimum absolute atomic E-state index is 0.0884. The van der Waals surface area contributed by atoms with Crippen molar-refractivity contribution in [3.8, 4) is 0 Å². The number of aromatic nitrogens is 1. The fourth-order valence-electron chi connectivity index (χ4n) is 1.60. The highest BCUT2D eigenvalue weighted by molar-refractivity contribution is 6.59. The maximum absolute atomic E-state index is 11.8. The lowest BCUT2D eigenvalue weighted by Crippen LogP contribution is -2.32. The topological polar surface area (TPSA) is 71.7 Å². The third-order valence-corrected chi connectivity index (χ3v) is 2.39. The van der Waals surface area contributed by atoms with Crippen molar-refractivity contribution < 1.29 is 19.6 Å². The Morgan fingerprint density at radius 2 is 1.89 bits per heavy atom. The number of rotatable bonds is 2. The van der Waals surface area contributed by atoms with Gasteiger partial charge in [0.05, 0.1) is 0 Å². The van der Waals surface area contributed by atoms with E-state index in [-0.39, 0.29) is 5.92 Å². The molecule has 0 aliphatic rings. The van der Waals surface area contributed by atoms with Crippen LogP contribution in [-0.2, 0) is 4.74 Å². The molecule has 1 aromatic rings. The normalized spacial score (nSPS) is 11.8. The van der Waals surface area contributed by atoms with E-state index in [9.17, 15) is 14.8 Å². The highest BCUT2D eigenvalue weighted by Crippen LogP contribution is 2.15. The van der Waals surface area contributed by atoms with Gasteiger partial charge in [0.2, 0.25) is 0 Å². The van der Waals surface area contributed by atoms with Gasteiger partial charge in [-0.15, -0.1) is 0 Å². The first-order chi connectivity index (χ1) is 8.11. The Hall–Kier alpha value is -1.27. The van der Waals surface area contributed by atoms with E-state index in [1.54, 1.807) is 27.0 Å². The summed E-state index contributed by atoms with van der Waals surface area (Å²) in [7, 11) is -1.59. The van der Waals surface area contributed by atoms with Gasteiger partial charge in [0.15, 0.2) is 0 Å². The van der Waals surface area contributed by atoms with Gasteiger partial charge in [-0.05, 0) is 32.3 Å². The minimum Gasteiger partial charge on any atom is -0.443 e. The summed E-state index contributed by atoms with van der Waals surface area (Å²) in [6, 6.07) is 0. The van der Waals surface area contributed by atoms with Crippen molar-refractivity contribution in [2.75, 3.05) is 0 Å². The fraction of sp³-hybridized carbons (Fsp3) is 0.583. The van der Waals surface area contributed by atoms with E-state index in [1.807, 2.05) is 13.8 Å². The second-order valence-electron chi connectivity index (χ2n) is 5.58. The van der Waals surface area contributed by atoms with Crippen LogP contribution in [-0.4, -0.2) is 33.4 Å². The molecule has 0 saturated carbocycles. The average molecular weight is 253 g/mol. The van der Waals surface area contributed by atoms with Gasteiger partial charge in [-0.25, -0.2) is 4.79 Å². The Balaban J connectivity index is 3.05. The molecule has 0 bridgehead atoms. The Morgan fingerprint density at radius 3 is 2.22 bits per heavy atom. The summed E-state index contributed by atoms with van der Waals surface area (Å²) in [5.41, 5.74) is 0.462. The number of ether oxygens (including phenoxy) is 1. The van der Waals surface area contributed by atoms with Crippen molar-refractivity contribution in [2.24, 2.45) is 0 Å². The quantitative estimate of drug-likeness (QED) is 0.773. The van der Waals surface area contributed by atoms with Crippen LogP contribution in [0, 0.1) is 0 Å².